The fraction of sp³-hybridized carbons (Fsp3) is 0.500. The molecule has 0 saturated heterocycles. The highest BCUT2D eigenvalue weighted by atomic mass is 35.5. The first-order valence-electron chi connectivity index (χ1n) is 8.62. The maximum Gasteiger partial charge on any atom is 0.228 e. The van der Waals surface area contributed by atoms with E-state index in [-0.39, 0.29) is 5.91 Å². The smallest absolute Gasteiger partial charge is 0.228 e. The Kier molecular flexibility index (Phi) is 6.02. The zero-order valence-electron chi connectivity index (χ0n) is 14.6. The highest BCUT2D eigenvalue weighted by molar-refractivity contribution is 7.99. The molecule has 1 fully saturated rings. The first-order chi connectivity index (χ1) is 12.1. The quantitative estimate of drug-likeness (QED) is 0.690. The second kappa shape index (κ2) is 8.23. The van der Waals surface area contributed by atoms with Crippen molar-refractivity contribution in [1.82, 2.24) is 14.8 Å². The molecule has 0 radical (unpaired) electrons. The molecule has 2 aromatic heterocycles. The fourth-order valence-corrected chi connectivity index (χ4v) is 4.14. The molecule has 1 aliphatic carbocycles. The Labute approximate surface area is 157 Å². The van der Waals surface area contributed by atoms with Gasteiger partial charge in [-0.25, -0.2) is 4.68 Å². The van der Waals surface area contributed by atoms with Gasteiger partial charge >= 0.3 is 0 Å². The number of halogens is 1. The number of carbonyl (C=O) groups is 1. The summed E-state index contributed by atoms with van der Waals surface area (Å²) in [6.07, 6.45) is 11.2. The number of carbonyl (C=O) groups excluding carboxylic acids is 1. The molecule has 0 aromatic carbocycles. The van der Waals surface area contributed by atoms with Crippen LogP contribution in [-0.2, 0) is 4.79 Å². The van der Waals surface area contributed by atoms with E-state index in [1.54, 1.807) is 33.7 Å². The highest BCUT2D eigenvalue weighted by Crippen LogP contribution is 2.40. The zero-order valence-corrected chi connectivity index (χ0v) is 16.1. The Morgan fingerprint density at radius 1 is 1.52 bits per heavy atom. The van der Waals surface area contributed by atoms with Crippen LogP contribution in [0.15, 0.2) is 30.7 Å². The van der Waals surface area contributed by atoms with Crippen molar-refractivity contribution in [3.8, 4) is 5.69 Å². The molecule has 1 unspecified atom stereocenters. The number of rotatable bonds is 8. The van der Waals surface area contributed by atoms with Crippen LogP contribution in [0.3, 0.4) is 0 Å². The predicted octanol–water partition coefficient (Wildman–Crippen LogP) is 4.20. The number of aromatic nitrogens is 3. The minimum absolute atomic E-state index is 0.126. The first kappa shape index (κ1) is 18.3. The second-order valence-corrected chi connectivity index (χ2v) is 7.76. The van der Waals surface area contributed by atoms with E-state index in [2.05, 4.69) is 23.3 Å². The van der Waals surface area contributed by atoms with Gasteiger partial charge in [0.15, 0.2) is 5.15 Å². The average Bonchev–Trinajstić information content (AvgIpc) is 3.40. The number of amides is 1. The van der Waals surface area contributed by atoms with Gasteiger partial charge in [-0.15, -0.1) is 0 Å². The van der Waals surface area contributed by atoms with Crippen LogP contribution in [0.4, 0.5) is 5.69 Å². The van der Waals surface area contributed by atoms with E-state index in [0.29, 0.717) is 35.0 Å². The summed E-state index contributed by atoms with van der Waals surface area (Å²) in [4.78, 5) is 18.8. The van der Waals surface area contributed by atoms with Crippen LogP contribution < -0.4 is 4.90 Å². The number of nitrogens with zero attached hydrogens (tertiary/aromatic N) is 4. The van der Waals surface area contributed by atoms with Gasteiger partial charge in [0.05, 0.1) is 18.1 Å². The lowest BCUT2D eigenvalue weighted by Crippen LogP contribution is -2.34. The van der Waals surface area contributed by atoms with Crippen LogP contribution in [0.5, 0.6) is 0 Å². The van der Waals surface area contributed by atoms with Gasteiger partial charge in [-0.2, -0.15) is 16.9 Å². The van der Waals surface area contributed by atoms with Gasteiger partial charge < -0.3 is 4.90 Å². The summed E-state index contributed by atoms with van der Waals surface area (Å²) in [5.74, 6) is 0.816. The van der Waals surface area contributed by atoms with Crippen molar-refractivity contribution in [2.75, 3.05) is 17.7 Å². The molecule has 134 valence electrons. The van der Waals surface area contributed by atoms with Crippen LogP contribution in [0, 0.1) is 5.92 Å². The van der Waals surface area contributed by atoms with E-state index in [1.165, 1.54) is 12.8 Å². The minimum Gasteiger partial charge on any atom is -0.308 e. The monoisotopic (exact) mass is 378 g/mol. The molecule has 1 saturated carbocycles. The minimum atomic E-state index is 0.126. The summed E-state index contributed by atoms with van der Waals surface area (Å²) < 4.78 is 1.67. The van der Waals surface area contributed by atoms with Gasteiger partial charge in [-0.3, -0.25) is 9.78 Å². The van der Waals surface area contributed by atoms with Crippen molar-refractivity contribution >= 4 is 35.0 Å². The molecule has 0 aliphatic heterocycles. The third-order valence-electron chi connectivity index (χ3n) is 4.43. The zero-order chi connectivity index (χ0) is 17.8. The highest BCUT2D eigenvalue weighted by Gasteiger charge is 2.33. The summed E-state index contributed by atoms with van der Waals surface area (Å²) in [6, 6.07) is 3.75. The number of hydrogen-bond donors (Lipinski definition) is 0. The number of thioether (sulfide) groups is 1. The second-order valence-electron chi connectivity index (χ2n) is 6.32. The van der Waals surface area contributed by atoms with E-state index in [4.69, 9.17) is 11.6 Å². The van der Waals surface area contributed by atoms with E-state index < -0.39 is 0 Å². The van der Waals surface area contributed by atoms with Gasteiger partial charge in [0.25, 0.3) is 0 Å². The molecule has 1 atom stereocenters. The summed E-state index contributed by atoms with van der Waals surface area (Å²) in [5.41, 5.74) is 1.49. The maximum atomic E-state index is 12.9. The summed E-state index contributed by atoms with van der Waals surface area (Å²) in [7, 11) is 0. The Bertz CT molecular complexity index is 717. The lowest BCUT2D eigenvalue weighted by atomic mass is 10.2. The molecule has 0 bridgehead atoms. The molecule has 1 amide bonds. The van der Waals surface area contributed by atoms with Crippen LogP contribution in [0.2, 0.25) is 5.15 Å². The van der Waals surface area contributed by atoms with Gasteiger partial charge in [0, 0.05) is 24.4 Å². The summed E-state index contributed by atoms with van der Waals surface area (Å²) in [5, 5.41) is 5.10. The maximum absolute atomic E-state index is 12.9. The molecule has 2 heterocycles. The molecule has 1 aliphatic rings. The molecular formula is C18H23ClN4OS. The van der Waals surface area contributed by atoms with Gasteiger partial charge in [-0.05, 0) is 43.6 Å². The number of anilines is 1. The molecular weight excluding hydrogens is 356 g/mol. The third kappa shape index (κ3) is 4.36. The Morgan fingerprint density at radius 2 is 2.32 bits per heavy atom. The molecule has 0 N–H and O–H groups in total. The van der Waals surface area contributed by atoms with Crippen molar-refractivity contribution in [3.63, 3.8) is 0 Å². The lowest BCUT2D eigenvalue weighted by molar-refractivity contribution is -0.118. The topological polar surface area (TPSA) is 51.0 Å². The number of pyridine rings is 1. The van der Waals surface area contributed by atoms with Gasteiger partial charge in [-0.1, -0.05) is 18.5 Å². The van der Waals surface area contributed by atoms with Crippen molar-refractivity contribution in [3.05, 3.63) is 35.9 Å². The Hall–Kier alpha value is -1.53. The SMILES string of the molecule is CCCN(C(=O)CC(SC)C1CC1)c1cn(-c2cccnc2)nc1Cl. The van der Waals surface area contributed by atoms with Crippen LogP contribution in [0.1, 0.15) is 32.6 Å². The first-order valence-corrected chi connectivity index (χ1v) is 10.3. The largest absolute Gasteiger partial charge is 0.308 e. The number of hydrogen-bond acceptors (Lipinski definition) is 4. The summed E-state index contributed by atoms with van der Waals surface area (Å²) >= 11 is 8.16. The molecule has 7 heteroatoms. The molecule has 25 heavy (non-hydrogen) atoms. The van der Waals surface area contributed by atoms with Crippen molar-refractivity contribution < 1.29 is 4.79 Å². The standard InChI is InChI=1S/C18H23ClN4OS/c1-3-9-22(17(24)10-16(25-2)13-6-7-13)15-12-23(21-18(15)19)14-5-4-8-20-11-14/h4-5,8,11-13,16H,3,6-7,9-10H2,1-2H3. The van der Waals surface area contributed by atoms with E-state index in [0.717, 1.165) is 12.1 Å². The fourth-order valence-electron chi connectivity index (χ4n) is 2.94. The Morgan fingerprint density at radius 3 is 2.92 bits per heavy atom. The summed E-state index contributed by atoms with van der Waals surface area (Å²) in [6.45, 7) is 2.70. The average molecular weight is 379 g/mol. The lowest BCUT2D eigenvalue weighted by Gasteiger charge is -2.23. The van der Waals surface area contributed by atoms with Crippen molar-refractivity contribution in [2.24, 2.45) is 5.92 Å². The van der Waals surface area contributed by atoms with E-state index in [9.17, 15) is 4.79 Å². The van der Waals surface area contributed by atoms with Crippen molar-refractivity contribution in [1.29, 1.82) is 0 Å². The molecule has 5 nitrogen and oxygen atoms in total. The molecule has 0 spiro atoms. The van der Waals surface area contributed by atoms with Crippen LogP contribution in [0.25, 0.3) is 5.69 Å². The van der Waals surface area contributed by atoms with E-state index >= 15 is 0 Å². The van der Waals surface area contributed by atoms with Crippen molar-refractivity contribution in [2.45, 2.75) is 37.9 Å². The third-order valence-corrected chi connectivity index (χ3v) is 5.85. The van der Waals surface area contributed by atoms with Crippen LogP contribution in [-0.4, -0.2) is 38.7 Å². The van der Waals surface area contributed by atoms with Crippen LogP contribution >= 0.6 is 23.4 Å². The normalized spacial score (nSPS) is 15.2. The predicted molar refractivity (Wildman–Crippen MR) is 104 cm³/mol. The Balaban J connectivity index is 1.82. The van der Waals surface area contributed by atoms with Gasteiger partial charge in [0.1, 0.15) is 5.69 Å². The van der Waals surface area contributed by atoms with Gasteiger partial charge in [0.2, 0.25) is 5.91 Å². The molecule has 3 rings (SSSR count). The van der Waals surface area contributed by atoms with E-state index in [1.807, 2.05) is 18.3 Å². The molecule has 2 aromatic rings.